The minimum atomic E-state index is 0.808. The summed E-state index contributed by atoms with van der Waals surface area (Å²) in [6.45, 7) is 6.43. The van der Waals surface area contributed by atoms with Crippen LogP contribution in [-0.4, -0.2) is 37.6 Å². The Morgan fingerprint density at radius 3 is 2.81 bits per heavy atom. The second kappa shape index (κ2) is 6.02. The lowest BCUT2D eigenvalue weighted by Crippen LogP contribution is -2.37. The van der Waals surface area contributed by atoms with Crippen LogP contribution in [0.3, 0.4) is 0 Å². The van der Waals surface area contributed by atoms with Gasteiger partial charge >= 0.3 is 0 Å². The SMILES string of the molecule is CNC1CCCC1CCN1CCCC(C)C1. The van der Waals surface area contributed by atoms with Crippen molar-refractivity contribution in [1.82, 2.24) is 10.2 Å². The van der Waals surface area contributed by atoms with Crippen LogP contribution in [0.15, 0.2) is 0 Å². The number of hydrogen-bond donors (Lipinski definition) is 1. The Labute approximate surface area is 101 Å². The molecule has 2 fully saturated rings. The standard InChI is InChI=1S/C14H28N2/c1-12-5-4-9-16(11-12)10-8-13-6-3-7-14(13)15-2/h12-15H,3-11H2,1-2H3. The molecule has 1 N–H and O–H groups in total. The van der Waals surface area contributed by atoms with Crippen LogP contribution in [0.2, 0.25) is 0 Å². The van der Waals surface area contributed by atoms with Crippen LogP contribution >= 0.6 is 0 Å². The summed E-state index contributed by atoms with van der Waals surface area (Å²) < 4.78 is 0. The van der Waals surface area contributed by atoms with Crippen LogP contribution < -0.4 is 5.32 Å². The Morgan fingerprint density at radius 1 is 1.19 bits per heavy atom. The summed E-state index contributed by atoms with van der Waals surface area (Å²) in [5, 5.41) is 3.49. The molecule has 1 heterocycles. The quantitative estimate of drug-likeness (QED) is 0.789. The number of rotatable bonds is 4. The van der Waals surface area contributed by atoms with Gasteiger partial charge in [-0.05, 0) is 64.1 Å². The maximum absolute atomic E-state index is 3.49. The lowest BCUT2D eigenvalue weighted by Gasteiger charge is -2.32. The zero-order valence-electron chi connectivity index (χ0n) is 11.0. The molecule has 94 valence electrons. The van der Waals surface area contributed by atoms with Gasteiger partial charge in [-0.1, -0.05) is 13.3 Å². The van der Waals surface area contributed by atoms with Crippen LogP contribution in [0.1, 0.15) is 45.4 Å². The van der Waals surface area contributed by atoms with Crippen molar-refractivity contribution in [3.05, 3.63) is 0 Å². The average Bonchev–Trinajstić information content (AvgIpc) is 2.74. The Bertz CT molecular complexity index is 205. The highest BCUT2D eigenvalue weighted by molar-refractivity contribution is 4.83. The molecule has 1 aliphatic heterocycles. The summed E-state index contributed by atoms with van der Waals surface area (Å²) in [5.74, 6) is 1.87. The number of nitrogens with one attached hydrogen (secondary N) is 1. The molecule has 0 radical (unpaired) electrons. The van der Waals surface area contributed by atoms with Crippen molar-refractivity contribution in [2.75, 3.05) is 26.7 Å². The lowest BCUT2D eigenvalue weighted by molar-refractivity contribution is 0.170. The summed E-state index contributed by atoms with van der Waals surface area (Å²) in [4.78, 5) is 2.69. The second-order valence-electron chi connectivity index (χ2n) is 5.92. The Balaban J connectivity index is 1.70. The van der Waals surface area contributed by atoms with Gasteiger partial charge in [-0.15, -0.1) is 0 Å². The van der Waals surface area contributed by atoms with Gasteiger partial charge in [0.2, 0.25) is 0 Å². The van der Waals surface area contributed by atoms with Crippen molar-refractivity contribution >= 4 is 0 Å². The first-order chi connectivity index (χ1) is 7.79. The van der Waals surface area contributed by atoms with Crippen molar-refractivity contribution in [3.63, 3.8) is 0 Å². The molecule has 0 aromatic rings. The van der Waals surface area contributed by atoms with Crippen LogP contribution in [0.25, 0.3) is 0 Å². The van der Waals surface area contributed by atoms with Gasteiger partial charge in [0.15, 0.2) is 0 Å². The third kappa shape index (κ3) is 3.21. The van der Waals surface area contributed by atoms with E-state index in [4.69, 9.17) is 0 Å². The fourth-order valence-electron chi connectivity index (χ4n) is 3.60. The van der Waals surface area contributed by atoms with E-state index in [9.17, 15) is 0 Å². The molecule has 3 unspecified atom stereocenters. The summed E-state index contributed by atoms with van der Waals surface area (Å²) in [7, 11) is 2.13. The summed E-state index contributed by atoms with van der Waals surface area (Å²) in [6, 6.07) is 0.808. The molecule has 0 aromatic heterocycles. The minimum Gasteiger partial charge on any atom is -0.317 e. The zero-order chi connectivity index (χ0) is 11.4. The molecule has 0 bridgehead atoms. The van der Waals surface area contributed by atoms with Crippen molar-refractivity contribution in [2.24, 2.45) is 11.8 Å². The van der Waals surface area contributed by atoms with Gasteiger partial charge in [0.1, 0.15) is 0 Å². The third-order valence-electron chi connectivity index (χ3n) is 4.59. The molecule has 2 aliphatic rings. The normalized spacial score (nSPS) is 36.8. The highest BCUT2D eigenvalue weighted by atomic mass is 15.1. The maximum atomic E-state index is 3.49. The van der Waals surface area contributed by atoms with E-state index in [1.165, 1.54) is 58.2 Å². The molecule has 16 heavy (non-hydrogen) atoms. The average molecular weight is 224 g/mol. The van der Waals surface area contributed by atoms with Crippen molar-refractivity contribution in [1.29, 1.82) is 0 Å². The Morgan fingerprint density at radius 2 is 2.06 bits per heavy atom. The van der Waals surface area contributed by atoms with Crippen LogP contribution in [0.4, 0.5) is 0 Å². The van der Waals surface area contributed by atoms with E-state index in [-0.39, 0.29) is 0 Å². The van der Waals surface area contributed by atoms with E-state index in [0.29, 0.717) is 0 Å². The molecule has 1 aliphatic carbocycles. The predicted molar refractivity (Wildman–Crippen MR) is 69.6 cm³/mol. The number of piperidine rings is 1. The van der Waals surface area contributed by atoms with Gasteiger partial charge in [-0.25, -0.2) is 0 Å². The Hall–Kier alpha value is -0.0800. The summed E-state index contributed by atoms with van der Waals surface area (Å²) in [6.07, 6.45) is 8.57. The molecular formula is C14H28N2. The Kier molecular flexibility index (Phi) is 4.66. The number of likely N-dealkylation sites (tertiary alicyclic amines) is 1. The predicted octanol–water partition coefficient (Wildman–Crippen LogP) is 2.50. The largest absolute Gasteiger partial charge is 0.317 e. The van der Waals surface area contributed by atoms with Crippen molar-refractivity contribution in [2.45, 2.75) is 51.5 Å². The summed E-state index contributed by atoms with van der Waals surface area (Å²) in [5.41, 5.74) is 0. The van der Waals surface area contributed by atoms with E-state index < -0.39 is 0 Å². The van der Waals surface area contributed by atoms with Gasteiger partial charge in [-0.2, -0.15) is 0 Å². The lowest BCUT2D eigenvalue weighted by atomic mass is 9.96. The monoisotopic (exact) mass is 224 g/mol. The smallest absolute Gasteiger partial charge is 0.00928 e. The van der Waals surface area contributed by atoms with E-state index in [1.54, 1.807) is 0 Å². The first-order valence-corrected chi connectivity index (χ1v) is 7.19. The molecule has 0 aromatic carbocycles. The van der Waals surface area contributed by atoms with Gasteiger partial charge in [0.25, 0.3) is 0 Å². The molecule has 1 saturated heterocycles. The fraction of sp³-hybridized carbons (Fsp3) is 1.00. The molecule has 2 heteroatoms. The van der Waals surface area contributed by atoms with Gasteiger partial charge in [0.05, 0.1) is 0 Å². The van der Waals surface area contributed by atoms with Crippen LogP contribution in [0.5, 0.6) is 0 Å². The molecule has 1 saturated carbocycles. The van der Waals surface area contributed by atoms with E-state index >= 15 is 0 Å². The topological polar surface area (TPSA) is 15.3 Å². The minimum absolute atomic E-state index is 0.808. The zero-order valence-corrected chi connectivity index (χ0v) is 11.0. The molecule has 2 nitrogen and oxygen atoms in total. The van der Waals surface area contributed by atoms with Crippen molar-refractivity contribution in [3.8, 4) is 0 Å². The first kappa shape index (κ1) is 12.4. The van der Waals surface area contributed by atoms with E-state index in [2.05, 4.69) is 24.2 Å². The molecule has 3 atom stereocenters. The molecule has 2 rings (SSSR count). The van der Waals surface area contributed by atoms with Crippen LogP contribution in [-0.2, 0) is 0 Å². The highest BCUT2D eigenvalue weighted by Crippen LogP contribution is 2.28. The number of nitrogens with zero attached hydrogens (tertiary/aromatic N) is 1. The van der Waals surface area contributed by atoms with E-state index in [1.807, 2.05) is 0 Å². The van der Waals surface area contributed by atoms with Gasteiger partial charge in [-0.3, -0.25) is 0 Å². The second-order valence-corrected chi connectivity index (χ2v) is 5.92. The first-order valence-electron chi connectivity index (χ1n) is 7.19. The number of hydrogen-bond acceptors (Lipinski definition) is 2. The van der Waals surface area contributed by atoms with Gasteiger partial charge in [0, 0.05) is 12.6 Å². The highest BCUT2D eigenvalue weighted by Gasteiger charge is 2.26. The molecular weight excluding hydrogens is 196 g/mol. The molecule has 0 amide bonds. The third-order valence-corrected chi connectivity index (χ3v) is 4.59. The molecule has 0 spiro atoms. The van der Waals surface area contributed by atoms with Crippen LogP contribution in [0, 0.1) is 11.8 Å². The van der Waals surface area contributed by atoms with E-state index in [0.717, 1.165) is 17.9 Å². The van der Waals surface area contributed by atoms with Crippen molar-refractivity contribution < 1.29 is 0 Å². The summed E-state index contributed by atoms with van der Waals surface area (Å²) >= 11 is 0. The van der Waals surface area contributed by atoms with Gasteiger partial charge < -0.3 is 10.2 Å². The fourth-order valence-corrected chi connectivity index (χ4v) is 3.60. The maximum Gasteiger partial charge on any atom is 0.00928 e.